The Kier molecular flexibility index (Phi) is 18.8. The first-order valence-corrected chi connectivity index (χ1v) is 10.0. The molecular weight excluding hydrogens is 304 g/mol. The zero-order valence-electron chi connectivity index (χ0n) is 14.3. The molecule has 0 aromatic heterocycles. The van der Waals surface area contributed by atoms with Crippen molar-refractivity contribution in [1.82, 2.24) is 0 Å². The molecule has 0 aliphatic heterocycles. The van der Waals surface area contributed by atoms with Gasteiger partial charge in [-0.2, -0.15) is 8.42 Å². The van der Waals surface area contributed by atoms with Gasteiger partial charge in [0.15, 0.2) is 0 Å². The monoisotopic (exact) mass is 340 g/mol. The highest BCUT2D eigenvalue weighted by Crippen LogP contribution is 2.17. The van der Waals surface area contributed by atoms with Crippen molar-refractivity contribution in [3.63, 3.8) is 0 Å². The Bertz CT molecular complexity index is 296. The predicted octanol–water partition coefficient (Wildman–Crippen LogP) is 4.66. The van der Waals surface area contributed by atoms with Crippen molar-refractivity contribution in [2.24, 2.45) is 5.92 Å². The van der Waals surface area contributed by atoms with E-state index < -0.39 is 10.4 Å². The molecule has 5 nitrogen and oxygen atoms in total. The quantitative estimate of drug-likeness (QED) is 0.335. The van der Waals surface area contributed by atoms with Crippen molar-refractivity contribution in [2.45, 2.75) is 90.9 Å². The molecule has 6 heteroatoms. The Morgan fingerprint density at radius 3 is 1.55 bits per heavy atom. The first-order chi connectivity index (χ1) is 10.3. The fraction of sp³-hybridized carbons (Fsp3) is 1.00. The summed E-state index contributed by atoms with van der Waals surface area (Å²) in [6, 6.07) is 0. The smallest absolute Gasteiger partial charge is 0.394 e. The molecule has 22 heavy (non-hydrogen) atoms. The lowest BCUT2D eigenvalue weighted by atomic mass is 9.96. The average molecular weight is 341 g/mol. The van der Waals surface area contributed by atoms with Crippen LogP contribution in [-0.4, -0.2) is 29.2 Å². The number of aliphatic hydroxyl groups excluding tert-OH is 1. The number of rotatable bonds is 13. The fourth-order valence-electron chi connectivity index (χ4n) is 2.38. The highest BCUT2D eigenvalue weighted by molar-refractivity contribution is 7.79. The van der Waals surface area contributed by atoms with E-state index in [9.17, 15) is 0 Å². The molecule has 136 valence electrons. The van der Waals surface area contributed by atoms with Gasteiger partial charge in [-0.25, -0.2) is 0 Å². The van der Waals surface area contributed by atoms with E-state index in [0.717, 1.165) is 12.3 Å². The van der Waals surface area contributed by atoms with E-state index in [0.29, 0.717) is 6.61 Å². The Labute approximate surface area is 137 Å². The first kappa shape index (κ1) is 24.1. The Morgan fingerprint density at radius 1 is 0.773 bits per heavy atom. The van der Waals surface area contributed by atoms with Gasteiger partial charge in [0.25, 0.3) is 0 Å². The van der Waals surface area contributed by atoms with E-state index in [-0.39, 0.29) is 0 Å². The van der Waals surface area contributed by atoms with E-state index >= 15 is 0 Å². The number of aliphatic hydroxyl groups is 1. The van der Waals surface area contributed by atoms with Gasteiger partial charge in [0.05, 0.1) is 0 Å². The molecule has 0 aliphatic rings. The maximum absolute atomic E-state index is 8.74. The summed E-state index contributed by atoms with van der Waals surface area (Å²) in [4.78, 5) is 0. The maximum Gasteiger partial charge on any atom is 0.394 e. The average Bonchev–Trinajstić information content (AvgIpc) is 2.40. The summed E-state index contributed by atoms with van der Waals surface area (Å²) in [5, 5.41) is 8.68. The summed E-state index contributed by atoms with van der Waals surface area (Å²) >= 11 is 0. The molecule has 0 radical (unpaired) electrons. The molecule has 3 N–H and O–H groups in total. The largest absolute Gasteiger partial charge is 0.396 e. The van der Waals surface area contributed by atoms with Gasteiger partial charge in [-0.1, -0.05) is 84.5 Å². The van der Waals surface area contributed by atoms with Crippen LogP contribution in [0.15, 0.2) is 0 Å². The molecule has 0 aromatic rings. The number of hydrogen-bond acceptors (Lipinski definition) is 3. The van der Waals surface area contributed by atoms with Gasteiger partial charge >= 0.3 is 10.4 Å². The van der Waals surface area contributed by atoms with Gasteiger partial charge in [-0.15, -0.1) is 0 Å². The lowest BCUT2D eigenvalue weighted by Gasteiger charge is -2.10. The summed E-state index contributed by atoms with van der Waals surface area (Å²) in [5.41, 5.74) is 0. The van der Waals surface area contributed by atoms with Crippen LogP contribution >= 0.6 is 0 Å². The van der Waals surface area contributed by atoms with Crippen molar-refractivity contribution in [1.29, 1.82) is 0 Å². The molecule has 0 aliphatic carbocycles. The van der Waals surface area contributed by atoms with E-state index in [2.05, 4.69) is 13.8 Å². The highest BCUT2D eigenvalue weighted by Gasteiger charge is 2.01. The molecule has 0 amide bonds. The second-order valence-electron chi connectivity index (χ2n) is 6.04. The summed E-state index contributed by atoms with van der Waals surface area (Å²) in [6.07, 6.45) is 16.2. The lowest BCUT2D eigenvalue weighted by molar-refractivity contribution is 0.281. The second-order valence-corrected chi connectivity index (χ2v) is 6.93. The van der Waals surface area contributed by atoms with Crippen LogP contribution in [0.3, 0.4) is 0 Å². The first-order valence-electron chi connectivity index (χ1n) is 8.62. The van der Waals surface area contributed by atoms with E-state index in [4.69, 9.17) is 22.6 Å². The lowest BCUT2D eigenvalue weighted by Crippen LogP contribution is -1.95. The minimum Gasteiger partial charge on any atom is -0.396 e. The van der Waals surface area contributed by atoms with Crippen LogP contribution in [0.25, 0.3) is 0 Å². The SMILES string of the molecule is CCCCCCCCC(C)CCCCCCO.O=S(=O)(O)O. The van der Waals surface area contributed by atoms with Gasteiger partial charge in [0.1, 0.15) is 0 Å². The maximum atomic E-state index is 8.74. The van der Waals surface area contributed by atoms with E-state index in [1.807, 2.05) is 0 Å². The summed E-state index contributed by atoms with van der Waals surface area (Å²) in [6.45, 7) is 5.05. The molecule has 0 rings (SSSR count). The standard InChI is InChI=1S/C16H34O.H2O4S/c1-3-4-5-6-7-10-13-16(2)14-11-8-9-12-15-17;1-5(2,3)4/h16-17H,3-15H2,1-2H3;(H2,1,2,3,4). The molecule has 0 bridgehead atoms. The minimum absolute atomic E-state index is 0.368. The Hall–Kier alpha value is -0.170. The predicted molar refractivity (Wildman–Crippen MR) is 91.5 cm³/mol. The summed E-state index contributed by atoms with van der Waals surface area (Å²) < 4.78 is 31.6. The minimum atomic E-state index is -4.67. The molecule has 0 fully saturated rings. The van der Waals surface area contributed by atoms with E-state index in [1.165, 1.54) is 70.6 Å². The molecular formula is C16H36O5S. The van der Waals surface area contributed by atoms with Crippen LogP contribution in [0, 0.1) is 5.92 Å². The Morgan fingerprint density at radius 2 is 1.14 bits per heavy atom. The zero-order chi connectivity index (χ0) is 17.3. The van der Waals surface area contributed by atoms with Crippen molar-refractivity contribution >= 4 is 10.4 Å². The molecule has 1 unspecified atom stereocenters. The molecule has 0 spiro atoms. The van der Waals surface area contributed by atoms with E-state index in [1.54, 1.807) is 0 Å². The zero-order valence-corrected chi connectivity index (χ0v) is 15.2. The van der Waals surface area contributed by atoms with Crippen LogP contribution < -0.4 is 0 Å². The third-order valence-electron chi connectivity index (χ3n) is 3.66. The Balaban J connectivity index is 0. The molecule has 0 heterocycles. The third-order valence-corrected chi connectivity index (χ3v) is 3.66. The van der Waals surface area contributed by atoms with Gasteiger partial charge < -0.3 is 5.11 Å². The summed E-state index contributed by atoms with van der Waals surface area (Å²) in [5.74, 6) is 0.912. The van der Waals surface area contributed by atoms with Gasteiger partial charge in [0.2, 0.25) is 0 Å². The van der Waals surface area contributed by atoms with Crippen molar-refractivity contribution in [2.75, 3.05) is 6.61 Å². The second kappa shape index (κ2) is 17.2. The molecule has 0 saturated heterocycles. The molecule has 0 aromatic carbocycles. The normalized spacial score (nSPS) is 12.6. The van der Waals surface area contributed by atoms with Crippen LogP contribution in [0.2, 0.25) is 0 Å². The van der Waals surface area contributed by atoms with Crippen molar-refractivity contribution < 1.29 is 22.6 Å². The fourth-order valence-corrected chi connectivity index (χ4v) is 2.38. The van der Waals surface area contributed by atoms with Gasteiger partial charge in [-0.3, -0.25) is 9.11 Å². The van der Waals surface area contributed by atoms with Crippen LogP contribution in [0.4, 0.5) is 0 Å². The van der Waals surface area contributed by atoms with Crippen molar-refractivity contribution in [3.8, 4) is 0 Å². The summed E-state index contributed by atoms with van der Waals surface area (Å²) in [7, 11) is -4.67. The highest BCUT2D eigenvalue weighted by atomic mass is 32.3. The van der Waals surface area contributed by atoms with Crippen LogP contribution in [-0.2, 0) is 10.4 Å². The molecule has 1 atom stereocenters. The van der Waals surface area contributed by atoms with Crippen molar-refractivity contribution in [3.05, 3.63) is 0 Å². The topological polar surface area (TPSA) is 94.8 Å². The number of unbranched alkanes of at least 4 members (excludes halogenated alkanes) is 8. The van der Waals surface area contributed by atoms with Gasteiger partial charge in [0, 0.05) is 6.61 Å². The van der Waals surface area contributed by atoms with Gasteiger partial charge in [-0.05, 0) is 12.3 Å². The number of hydrogen-bond donors (Lipinski definition) is 3. The van der Waals surface area contributed by atoms with Crippen LogP contribution in [0.1, 0.15) is 90.9 Å². The van der Waals surface area contributed by atoms with Crippen LogP contribution in [0.5, 0.6) is 0 Å². The molecule has 0 saturated carbocycles. The third kappa shape index (κ3) is 32.0.